The first-order valence-electron chi connectivity index (χ1n) is 16.8. The van der Waals surface area contributed by atoms with Crippen molar-refractivity contribution < 1.29 is 0 Å². The monoisotopic (exact) mass is 936 g/mol. The number of para-hydroxylation sites is 3. The summed E-state index contributed by atoms with van der Waals surface area (Å²) in [5.41, 5.74) is 9.64. The highest BCUT2D eigenvalue weighted by molar-refractivity contribution is 14.1. The van der Waals surface area contributed by atoms with Gasteiger partial charge in [0.2, 0.25) is 0 Å². The SMILES string of the molecule is IN1CCC2(CC1)c1ccccc1N1C2N2c3ccccc3C3(CCN(I)CC3)C2N2c3ccccc3C3(CCN(I)CC3)C12. The van der Waals surface area contributed by atoms with Crippen molar-refractivity contribution in [2.45, 2.75) is 73.3 Å². The molecule has 0 amide bonds. The Hall–Kier alpha value is -0.870. The van der Waals surface area contributed by atoms with Crippen molar-refractivity contribution in [1.29, 1.82) is 0 Å². The molecule has 10 rings (SSSR count). The minimum absolute atomic E-state index is 0.102. The average Bonchev–Trinajstić information content (AvgIpc) is 3.63. The number of nitrogens with zero attached hydrogens (tertiary/aromatic N) is 6. The number of benzene rings is 3. The largest absolute Gasteiger partial charge is 0.328 e. The second kappa shape index (κ2) is 10.3. The molecule has 0 atom stereocenters. The number of fused-ring (bicyclic) bond motifs is 18. The van der Waals surface area contributed by atoms with Crippen molar-refractivity contribution in [3.63, 3.8) is 0 Å². The molecule has 0 radical (unpaired) electrons. The van der Waals surface area contributed by atoms with Gasteiger partial charge in [0.15, 0.2) is 0 Å². The van der Waals surface area contributed by atoms with Crippen LogP contribution in [-0.4, -0.2) is 67.1 Å². The van der Waals surface area contributed by atoms with Crippen molar-refractivity contribution in [3.05, 3.63) is 89.5 Å². The third-order valence-corrected chi connectivity index (χ3v) is 15.9. The number of hydrogen-bond acceptors (Lipinski definition) is 6. The Morgan fingerprint density at radius 2 is 0.644 bits per heavy atom. The molecular formula is C36H39I3N6. The van der Waals surface area contributed by atoms with Crippen LogP contribution < -0.4 is 14.7 Å². The fourth-order valence-corrected chi connectivity index (χ4v) is 12.6. The molecule has 0 N–H and O–H groups in total. The van der Waals surface area contributed by atoms with E-state index in [1.165, 1.54) is 55.6 Å². The van der Waals surface area contributed by atoms with Gasteiger partial charge in [0, 0.05) is 141 Å². The average molecular weight is 936 g/mol. The van der Waals surface area contributed by atoms with Gasteiger partial charge >= 0.3 is 0 Å². The normalized spacial score (nSPS) is 30.7. The molecule has 0 unspecified atom stereocenters. The Bertz CT molecular complexity index is 1450. The molecule has 6 nitrogen and oxygen atoms in total. The fourth-order valence-electron chi connectivity index (χ4n) is 11.2. The lowest BCUT2D eigenvalue weighted by molar-refractivity contribution is 0.122. The zero-order chi connectivity index (χ0) is 30.1. The highest BCUT2D eigenvalue weighted by Gasteiger charge is 2.72. The zero-order valence-corrected chi connectivity index (χ0v) is 31.9. The predicted molar refractivity (Wildman–Crippen MR) is 208 cm³/mol. The number of hydrogen-bond donors (Lipinski definition) is 0. The molecule has 9 heteroatoms. The van der Waals surface area contributed by atoms with Gasteiger partial charge in [0.25, 0.3) is 0 Å². The van der Waals surface area contributed by atoms with Crippen molar-refractivity contribution in [1.82, 2.24) is 9.34 Å². The first-order chi connectivity index (χ1) is 22.0. The molecular weight excluding hydrogens is 897 g/mol. The molecule has 7 aliphatic heterocycles. The molecule has 0 aromatic heterocycles. The van der Waals surface area contributed by atoms with Crippen LogP contribution in [0.4, 0.5) is 17.1 Å². The van der Waals surface area contributed by atoms with Crippen LogP contribution in [-0.2, 0) is 16.2 Å². The van der Waals surface area contributed by atoms with E-state index in [-0.39, 0.29) is 16.2 Å². The molecule has 234 valence electrons. The summed E-state index contributed by atoms with van der Waals surface area (Å²) in [4.78, 5) is 9.04. The van der Waals surface area contributed by atoms with Crippen molar-refractivity contribution >= 4 is 85.7 Å². The molecule has 4 fully saturated rings. The molecule has 3 aromatic rings. The first-order valence-corrected chi connectivity index (χ1v) is 19.7. The van der Waals surface area contributed by atoms with E-state index in [2.05, 4.69) is 165 Å². The third-order valence-electron chi connectivity index (χ3n) is 13.0. The Morgan fingerprint density at radius 1 is 0.400 bits per heavy atom. The van der Waals surface area contributed by atoms with Gasteiger partial charge in [-0.3, -0.25) is 0 Å². The zero-order valence-electron chi connectivity index (χ0n) is 25.5. The Balaban J connectivity index is 1.28. The second-order valence-electron chi connectivity index (χ2n) is 14.6. The quantitative estimate of drug-likeness (QED) is 0.170. The number of piperidine rings is 3. The van der Waals surface area contributed by atoms with Crippen LogP contribution in [0.1, 0.15) is 55.2 Å². The molecule has 3 aromatic carbocycles. The topological polar surface area (TPSA) is 19.4 Å². The van der Waals surface area contributed by atoms with Crippen molar-refractivity contribution in [2.75, 3.05) is 54.0 Å². The number of halogens is 3. The maximum absolute atomic E-state index is 3.01. The number of anilines is 3. The highest BCUT2D eigenvalue weighted by Crippen LogP contribution is 2.67. The van der Waals surface area contributed by atoms with Gasteiger partial charge in [-0.05, 0) is 73.4 Å². The van der Waals surface area contributed by atoms with Crippen LogP contribution in [0.15, 0.2) is 72.8 Å². The molecule has 45 heavy (non-hydrogen) atoms. The summed E-state index contributed by atoms with van der Waals surface area (Å²) in [6.45, 7) is 6.90. The minimum atomic E-state index is 0.102. The van der Waals surface area contributed by atoms with Gasteiger partial charge in [-0.15, -0.1) is 0 Å². The van der Waals surface area contributed by atoms with Crippen LogP contribution in [0, 0.1) is 0 Å². The smallest absolute Gasteiger partial charge is 0.115 e. The fraction of sp³-hybridized carbons (Fsp3) is 0.500. The molecule has 0 saturated carbocycles. The lowest BCUT2D eigenvalue weighted by Crippen LogP contribution is -2.78. The van der Waals surface area contributed by atoms with E-state index in [9.17, 15) is 0 Å². The molecule has 0 bridgehead atoms. The summed E-state index contributed by atoms with van der Waals surface area (Å²) in [7, 11) is 0. The van der Waals surface area contributed by atoms with Gasteiger partial charge in [0.1, 0.15) is 18.5 Å². The first kappa shape index (κ1) is 29.1. The van der Waals surface area contributed by atoms with Gasteiger partial charge < -0.3 is 14.7 Å². The number of rotatable bonds is 0. The Morgan fingerprint density at radius 3 is 0.911 bits per heavy atom. The van der Waals surface area contributed by atoms with Gasteiger partial charge in [-0.1, -0.05) is 54.6 Å². The van der Waals surface area contributed by atoms with E-state index in [1.54, 1.807) is 16.7 Å². The maximum Gasteiger partial charge on any atom is 0.115 e. The van der Waals surface area contributed by atoms with E-state index >= 15 is 0 Å². The summed E-state index contributed by atoms with van der Waals surface area (Å²) in [6.07, 6.45) is 8.20. The van der Waals surface area contributed by atoms with E-state index in [4.69, 9.17) is 0 Å². The summed E-state index contributed by atoms with van der Waals surface area (Å²) in [6, 6.07) is 29.0. The summed E-state index contributed by atoms with van der Waals surface area (Å²) < 4.78 is 7.62. The van der Waals surface area contributed by atoms with Crippen molar-refractivity contribution in [3.8, 4) is 0 Å². The lowest BCUT2D eigenvalue weighted by atomic mass is 9.68. The third kappa shape index (κ3) is 3.72. The highest BCUT2D eigenvalue weighted by atomic mass is 127. The summed E-state index contributed by atoms with van der Waals surface area (Å²) >= 11 is 7.74. The van der Waals surface area contributed by atoms with Gasteiger partial charge in [-0.25, -0.2) is 9.34 Å². The summed E-state index contributed by atoms with van der Waals surface area (Å²) in [5, 5.41) is 0. The van der Waals surface area contributed by atoms with E-state index < -0.39 is 0 Å². The van der Waals surface area contributed by atoms with E-state index in [1.807, 2.05) is 0 Å². The standard InChI is InChI=1S/C36H39I3N6/c37-40-19-13-34(14-20-40)25-7-1-4-10-28(25)43-31(34)44-29-11-5-2-8-26(29)36(17-23-42(39)24-18-36)33(44)45-30-12-6-3-9-27(30)35(32(43)45)15-21-41(38)22-16-35/h1-12,31-33H,13-24H2. The Kier molecular flexibility index (Phi) is 6.67. The van der Waals surface area contributed by atoms with Gasteiger partial charge in [0.05, 0.1) is 0 Å². The van der Waals surface area contributed by atoms with Crippen LogP contribution >= 0.6 is 68.6 Å². The van der Waals surface area contributed by atoms with Crippen LogP contribution in [0.25, 0.3) is 0 Å². The Labute approximate surface area is 308 Å². The van der Waals surface area contributed by atoms with Crippen molar-refractivity contribution in [2.24, 2.45) is 0 Å². The molecule has 4 saturated heterocycles. The van der Waals surface area contributed by atoms with Crippen LogP contribution in [0.5, 0.6) is 0 Å². The van der Waals surface area contributed by atoms with Gasteiger partial charge in [-0.2, -0.15) is 0 Å². The van der Waals surface area contributed by atoms with E-state index in [0.29, 0.717) is 18.5 Å². The maximum atomic E-state index is 3.01. The lowest BCUT2D eigenvalue weighted by Gasteiger charge is -2.63. The molecule has 0 aliphatic carbocycles. The van der Waals surface area contributed by atoms with Crippen LogP contribution in [0.2, 0.25) is 0 Å². The van der Waals surface area contributed by atoms with Crippen LogP contribution in [0.3, 0.4) is 0 Å². The van der Waals surface area contributed by atoms with E-state index in [0.717, 1.165) is 39.3 Å². The summed E-state index contributed by atoms with van der Waals surface area (Å²) in [5.74, 6) is 0. The predicted octanol–water partition coefficient (Wildman–Crippen LogP) is 7.59. The molecule has 7 aliphatic rings. The molecule has 3 spiro atoms. The molecule has 7 heterocycles. The minimum Gasteiger partial charge on any atom is -0.328 e. The second-order valence-corrected chi connectivity index (χ2v) is 18.7.